The smallest absolute Gasteiger partial charge is 0.0949 e. The van der Waals surface area contributed by atoms with Gasteiger partial charge in [0.25, 0.3) is 0 Å². The van der Waals surface area contributed by atoms with E-state index in [4.69, 9.17) is 4.98 Å². The molecule has 0 aromatic carbocycles. The van der Waals surface area contributed by atoms with Crippen molar-refractivity contribution in [2.75, 3.05) is 5.75 Å². The van der Waals surface area contributed by atoms with Crippen LogP contribution in [-0.4, -0.2) is 15.3 Å². The van der Waals surface area contributed by atoms with Crippen molar-refractivity contribution >= 4 is 12.6 Å². The second kappa shape index (κ2) is 14.6. The number of hydrogen-bond acceptors (Lipinski definition) is 2. The van der Waals surface area contributed by atoms with Crippen LogP contribution in [0.4, 0.5) is 0 Å². The molecular formula is C27H48N2S. The number of thiol groups is 1. The lowest BCUT2D eigenvalue weighted by Crippen LogP contribution is -2.04. The average Bonchev–Trinajstić information content (AvgIpc) is 3.07. The fourth-order valence-corrected chi connectivity index (χ4v) is 6.16. The molecular weight excluding hydrogens is 384 g/mol. The standard InChI is InChI=1S/C27H48N2S/c30-21-11-16-25-14-9-17-26(19-18-25)27-22-29(23-28-27)20-10-15-24-12-7-5-3-1-2-4-6-8-13-24/h22-26,30H,1-21H2. The van der Waals surface area contributed by atoms with Gasteiger partial charge in [0.05, 0.1) is 12.0 Å². The van der Waals surface area contributed by atoms with Gasteiger partial charge in [0.15, 0.2) is 0 Å². The van der Waals surface area contributed by atoms with Crippen LogP contribution in [-0.2, 0) is 6.54 Å². The van der Waals surface area contributed by atoms with Crippen LogP contribution in [0.5, 0.6) is 0 Å². The number of rotatable bonds is 8. The van der Waals surface area contributed by atoms with Crippen LogP contribution in [0.3, 0.4) is 0 Å². The zero-order valence-corrected chi connectivity index (χ0v) is 20.5. The molecule has 2 nitrogen and oxygen atoms in total. The molecule has 3 rings (SSSR count). The van der Waals surface area contributed by atoms with Crippen molar-refractivity contribution < 1.29 is 0 Å². The van der Waals surface area contributed by atoms with Crippen molar-refractivity contribution in [1.82, 2.24) is 9.55 Å². The van der Waals surface area contributed by atoms with E-state index in [1.54, 1.807) is 0 Å². The van der Waals surface area contributed by atoms with Gasteiger partial charge in [-0.3, -0.25) is 0 Å². The summed E-state index contributed by atoms with van der Waals surface area (Å²) in [7, 11) is 0. The molecule has 0 N–H and O–H groups in total. The molecule has 1 heterocycles. The molecule has 30 heavy (non-hydrogen) atoms. The Kier molecular flexibility index (Phi) is 11.8. The van der Waals surface area contributed by atoms with Crippen molar-refractivity contribution in [3.05, 3.63) is 18.2 Å². The van der Waals surface area contributed by atoms with Gasteiger partial charge in [0.2, 0.25) is 0 Å². The third-order valence-corrected chi connectivity index (χ3v) is 8.25. The molecule has 0 aliphatic heterocycles. The summed E-state index contributed by atoms with van der Waals surface area (Å²) in [5, 5.41) is 0. The van der Waals surface area contributed by atoms with Gasteiger partial charge in [-0.05, 0) is 62.5 Å². The molecule has 2 aliphatic rings. The highest BCUT2D eigenvalue weighted by molar-refractivity contribution is 7.80. The Labute approximate surface area is 192 Å². The maximum atomic E-state index is 4.85. The topological polar surface area (TPSA) is 17.8 Å². The van der Waals surface area contributed by atoms with E-state index in [1.807, 2.05) is 0 Å². The lowest BCUT2D eigenvalue weighted by atomic mass is 9.91. The van der Waals surface area contributed by atoms with Crippen LogP contribution in [0.25, 0.3) is 0 Å². The van der Waals surface area contributed by atoms with Crippen LogP contribution in [0, 0.1) is 11.8 Å². The highest BCUT2D eigenvalue weighted by Crippen LogP contribution is 2.35. The fraction of sp³-hybridized carbons (Fsp3) is 0.889. The Balaban J connectivity index is 1.39. The minimum Gasteiger partial charge on any atom is -0.337 e. The lowest BCUT2D eigenvalue weighted by Gasteiger charge is -2.16. The molecule has 0 spiro atoms. The van der Waals surface area contributed by atoms with Gasteiger partial charge >= 0.3 is 0 Å². The second-order valence-electron chi connectivity index (χ2n) is 10.4. The fourth-order valence-electron chi connectivity index (χ4n) is 5.98. The predicted octanol–water partition coefficient (Wildman–Crippen LogP) is 8.57. The van der Waals surface area contributed by atoms with E-state index >= 15 is 0 Å². The van der Waals surface area contributed by atoms with Gasteiger partial charge < -0.3 is 4.57 Å². The first-order valence-electron chi connectivity index (χ1n) is 13.5. The van der Waals surface area contributed by atoms with E-state index in [1.165, 1.54) is 134 Å². The summed E-state index contributed by atoms with van der Waals surface area (Å²) in [4.78, 5) is 4.85. The number of aromatic nitrogens is 2. The van der Waals surface area contributed by atoms with Crippen molar-refractivity contribution in [2.45, 2.75) is 134 Å². The molecule has 0 amide bonds. The summed E-state index contributed by atoms with van der Waals surface area (Å²) < 4.78 is 2.39. The quantitative estimate of drug-likeness (QED) is 0.322. The largest absolute Gasteiger partial charge is 0.337 e. The molecule has 2 fully saturated rings. The number of aryl methyl sites for hydroxylation is 1. The summed E-state index contributed by atoms with van der Waals surface area (Å²) in [6.07, 6.45) is 31.6. The van der Waals surface area contributed by atoms with E-state index in [0.29, 0.717) is 5.92 Å². The third kappa shape index (κ3) is 8.97. The summed E-state index contributed by atoms with van der Waals surface area (Å²) >= 11 is 4.40. The van der Waals surface area contributed by atoms with E-state index in [-0.39, 0.29) is 0 Å². The Morgan fingerprint density at radius 2 is 1.37 bits per heavy atom. The van der Waals surface area contributed by atoms with Gasteiger partial charge in [-0.25, -0.2) is 4.98 Å². The molecule has 2 atom stereocenters. The molecule has 0 radical (unpaired) electrons. The molecule has 2 unspecified atom stereocenters. The summed E-state index contributed by atoms with van der Waals surface area (Å²) in [6, 6.07) is 0. The average molecular weight is 433 g/mol. The third-order valence-electron chi connectivity index (χ3n) is 7.93. The van der Waals surface area contributed by atoms with Crippen LogP contribution in [0.2, 0.25) is 0 Å². The van der Waals surface area contributed by atoms with Gasteiger partial charge in [0, 0.05) is 18.7 Å². The van der Waals surface area contributed by atoms with E-state index in [2.05, 4.69) is 29.7 Å². The van der Waals surface area contributed by atoms with Crippen molar-refractivity contribution in [2.24, 2.45) is 11.8 Å². The van der Waals surface area contributed by atoms with Crippen LogP contribution >= 0.6 is 12.6 Å². The Morgan fingerprint density at radius 1 is 0.733 bits per heavy atom. The second-order valence-corrected chi connectivity index (χ2v) is 10.8. The maximum absolute atomic E-state index is 4.85. The Morgan fingerprint density at radius 3 is 2.10 bits per heavy atom. The molecule has 1 aromatic rings. The zero-order valence-electron chi connectivity index (χ0n) is 19.6. The van der Waals surface area contributed by atoms with Crippen LogP contribution in [0.1, 0.15) is 134 Å². The minimum absolute atomic E-state index is 0.703. The monoisotopic (exact) mass is 432 g/mol. The van der Waals surface area contributed by atoms with E-state index in [9.17, 15) is 0 Å². The summed E-state index contributed by atoms with van der Waals surface area (Å²) in [6.45, 7) is 1.17. The molecule has 3 heteroatoms. The van der Waals surface area contributed by atoms with Crippen molar-refractivity contribution in [1.29, 1.82) is 0 Å². The highest BCUT2D eigenvalue weighted by Gasteiger charge is 2.21. The summed E-state index contributed by atoms with van der Waals surface area (Å²) in [5.41, 5.74) is 1.37. The zero-order chi connectivity index (χ0) is 20.9. The normalized spacial score (nSPS) is 25.5. The lowest BCUT2D eigenvalue weighted by molar-refractivity contribution is 0.370. The number of nitrogens with zero attached hydrogens (tertiary/aromatic N) is 2. The molecule has 2 saturated carbocycles. The SMILES string of the molecule is SCCCC1CCCC(c2cn(CCCC3CCCCCCCCCC3)cn2)CC1. The molecule has 1 aromatic heterocycles. The molecule has 0 saturated heterocycles. The maximum Gasteiger partial charge on any atom is 0.0949 e. The summed E-state index contributed by atoms with van der Waals surface area (Å²) in [5.74, 6) is 3.66. The highest BCUT2D eigenvalue weighted by atomic mass is 32.1. The van der Waals surface area contributed by atoms with Gasteiger partial charge in [0.1, 0.15) is 0 Å². The van der Waals surface area contributed by atoms with Crippen molar-refractivity contribution in [3.63, 3.8) is 0 Å². The first kappa shape index (κ1) is 24.2. The van der Waals surface area contributed by atoms with Gasteiger partial charge in [-0.2, -0.15) is 12.6 Å². The van der Waals surface area contributed by atoms with Crippen molar-refractivity contribution in [3.8, 4) is 0 Å². The Hall–Kier alpha value is -0.440. The van der Waals surface area contributed by atoms with Gasteiger partial charge in [-0.15, -0.1) is 0 Å². The van der Waals surface area contributed by atoms with Crippen LogP contribution < -0.4 is 0 Å². The molecule has 172 valence electrons. The number of hydrogen-bond donors (Lipinski definition) is 1. The van der Waals surface area contributed by atoms with E-state index in [0.717, 1.165) is 17.6 Å². The minimum atomic E-state index is 0.703. The van der Waals surface area contributed by atoms with Gasteiger partial charge in [-0.1, -0.05) is 77.0 Å². The predicted molar refractivity (Wildman–Crippen MR) is 134 cm³/mol. The first-order valence-corrected chi connectivity index (χ1v) is 14.1. The first-order chi connectivity index (χ1) is 14.8. The Bertz CT molecular complexity index is 543. The van der Waals surface area contributed by atoms with Crippen LogP contribution in [0.15, 0.2) is 12.5 Å². The molecule has 0 bridgehead atoms. The number of imidazole rings is 1. The molecule has 2 aliphatic carbocycles. The van der Waals surface area contributed by atoms with E-state index < -0.39 is 0 Å².